The van der Waals surface area contributed by atoms with E-state index in [1.165, 1.54) is 11.8 Å². The monoisotopic (exact) mass is 164 g/mol. The third kappa shape index (κ3) is 5.87. The molecule has 0 aliphatic heterocycles. The van der Waals surface area contributed by atoms with Crippen LogP contribution in [0, 0.1) is 0 Å². The minimum atomic E-state index is -0.162. The third-order valence-corrected chi connectivity index (χ3v) is 1.83. The highest BCUT2D eigenvalue weighted by Gasteiger charge is 1.96. The molecule has 0 fully saturated rings. The van der Waals surface area contributed by atoms with Gasteiger partial charge in [-0.25, -0.2) is 5.84 Å². The Morgan fingerprint density at radius 2 is 2.30 bits per heavy atom. The van der Waals surface area contributed by atoms with Gasteiger partial charge in [-0.1, -0.05) is 0 Å². The number of rotatable bonds is 5. The molecule has 4 N–H and O–H groups in total. The van der Waals surface area contributed by atoms with E-state index in [2.05, 4.69) is 0 Å². The second-order valence-electron chi connectivity index (χ2n) is 1.65. The highest BCUT2D eigenvalue weighted by Crippen LogP contribution is 1.99. The van der Waals surface area contributed by atoms with Crippen LogP contribution in [-0.2, 0) is 4.79 Å². The summed E-state index contributed by atoms with van der Waals surface area (Å²) < 4.78 is 0. The van der Waals surface area contributed by atoms with Gasteiger partial charge < -0.3 is 5.11 Å². The van der Waals surface area contributed by atoms with Gasteiger partial charge in [0, 0.05) is 17.9 Å². The Hall–Kier alpha value is -0.260. The van der Waals surface area contributed by atoms with Crippen molar-refractivity contribution in [3.8, 4) is 0 Å². The van der Waals surface area contributed by atoms with Crippen molar-refractivity contribution in [3.63, 3.8) is 0 Å². The lowest BCUT2D eigenvalue weighted by atomic mass is 10.5. The van der Waals surface area contributed by atoms with E-state index in [-0.39, 0.29) is 12.5 Å². The number of nitrogens with two attached hydrogens (primary N) is 1. The normalized spacial score (nSPS) is 9.40. The van der Waals surface area contributed by atoms with Crippen LogP contribution in [-0.4, -0.2) is 29.1 Å². The molecule has 5 heteroatoms. The zero-order valence-electron chi connectivity index (χ0n) is 5.67. The molecule has 0 aromatic rings. The maximum atomic E-state index is 10.5. The zero-order chi connectivity index (χ0) is 7.82. The first kappa shape index (κ1) is 9.74. The Balaban J connectivity index is 2.96. The molecule has 0 saturated carbocycles. The summed E-state index contributed by atoms with van der Waals surface area (Å²) >= 11 is 1.53. The van der Waals surface area contributed by atoms with E-state index in [0.717, 1.165) is 0 Å². The number of carbonyl (C=O) groups excluding carboxylic acids is 1. The summed E-state index contributed by atoms with van der Waals surface area (Å²) in [5, 5.41) is 8.34. The van der Waals surface area contributed by atoms with Crippen LogP contribution >= 0.6 is 11.8 Å². The number of amides is 1. The summed E-state index contributed by atoms with van der Waals surface area (Å²) in [7, 11) is 0. The van der Waals surface area contributed by atoms with Crippen molar-refractivity contribution < 1.29 is 9.90 Å². The van der Waals surface area contributed by atoms with Crippen molar-refractivity contribution in [1.82, 2.24) is 5.43 Å². The molecule has 0 heterocycles. The molecule has 0 bridgehead atoms. The van der Waals surface area contributed by atoms with E-state index in [9.17, 15) is 4.79 Å². The largest absolute Gasteiger partial charge is 0.396 e. The van der Waals surface area contributed by atoms with Gasteiger partial charge in [-0.3, -0.25) is 10.2 Å². The number of aliphatic hydroxyl groups is 1. The zero-order valence-corrected chi connectivity index (χ0v) is 6.49. The summed E-state index contributed by atoms with van der Waals surface area (Å²) in [6.07, 6.45) is 0.418. The number of hydrogen-bond acceptors (Lipinski definition) is 4. The average Bonchev–Trinajstić information content (AvgIpc) is 1.98. The van der Waals surface area contributed by atoms with Crippen molar-refractivity contribution in [2.45, 2.75) is 6.42 Å². The van der Waals surface area contributed by atoms with E-state index in [0.29, 0.717) is 17.9 Å². The van der Waals surface area contributed by atoms with Crippen LogP contribution in [0.5, 0.6) is 0 Å². The molecular weight excluding hydrogens is 152 g/mol. The highest BCUT2D eigenvalue weighted by molar-refractivity contribution is 7.99. The number of nitrogens with one attached hydrogen (secondary N) is 1. The lowest BCUT2D eigenvalue weighted by Crippen LogP contribution is -2.30. The van der Waals surface area contributed by atoms with Crippen LogP contribution in [0.15, 0.2) is 0 Å². The highest BCUT2D eigenvalue weighted by atomic mass is 32.2. The van der Waals surface area contributed by atoms with Crippen LogP contribution in [0.1, 0.15) is 6.42 Å². The molecule has 0 saturated heterocycles. The Labute approximate surface area is 64.1 Å². The van der Waals surface area contributed by atoms with Gasteiger partial charge in [-0.15, -0.1) is 0 Å². The fourth-order valence-corrected chi connectivity index (χ4v) is 1.07. The molecule has 4 nitrogen and oxygen atoms in total. The summed E-state index contributed by atoms with van der Waals surface area (Å²) in [5.74, 6) is 6.06. The van der Waals surface area contributed by atoms with Gasteiger partial charge in [0.1, 0.15) is 0 Å². The molecule has 0 unspecified atom stereocenters. The van der Waals surface area contributed by atoms with Gasteiger partial charge in [-0.05, 0) is 0 Å². The molecule has 0 aliphatic carbocycles. The van der Waals surface area contributed by atoms with Crippen molar-refractivity contribution in [3.05, 3.63) is 0 Å². The topological polar surface area (TPSA) is 75.3 Å². The maximum Gasteiger partial charge on any atom is 0.234 e. The standard InChI is InChI=1S/C5H12N2O2S/c6-7-5(9)1-3-10-4-2-8/h8H,1-4,6H2,(H,7,9). The van der Waals surface area contributed by atoms with E-state index in [1.807, 2.05) is 5.43 Å². The van der Waals surface area contributed by atoms with Gasteiger partial charge in [-0.2, -0.15) is 11.8 Å². The molecule has 60 valence electrons. The Kier molecular flexibility index (Phi) is 6.68. The van der Waals surface area contributed by atoms with Crippen molar-refractivity contribution >= 4 is 17.7 Å². The smallest absolute Gasteiger partial charge is 0.234 e. The Bertz CT molecular complexity index is 99.6. The van der Waals surface area contributed by atoms with Crippen LogP contribution in [0.4, 0.5) is 0 Å². The lowest BCUT2D eigenvalue weighted by Gasteiger charge is -1.97. The fraction of sp³-hybridized carbons (Fsp3) is 0.800. The first-order valence-corrected chi connectivity index (χ1v) is 4.14. The Morgan fingerprint density at radius 3 is 2.80 bits per heavy atom. The van der Waals surface area contributed by atoms with E-state index < -0.39 is 0 Å². The molecule has 0 aromatic carbocycles. The minimum absolute atomic E-state index is 0.162. The van der Waals surface area contributed by atoms with Crippen LogP contribution in [0.2, 0.25) is 0 Å². The van der Waals surface area contributed by atoms with Crippen LogP contribution in [0.3, 0.4) is 0 Å². The third-order valence-electron chi connectivity index (χ3n) is 0.870. The van der Waals surface area contributed by atoms with Gasteiger partial charge in [0.25, 0.3) is 0 Å². The van der Waals surface area contributed by atoms with E-state index in [1.54, 1.807) is 0 Å². The molecule has 0 rings (SSSR count). The molecular formula is C5H12N2O2S. The minimum Gasteiger partial charge on any atom is -0.396 e. The van der Waals surface area contributed by atoms with Crippen LogP contribution in [0.25, 0.3) is 0 Å². The second-order valence-corrected chi connectivity index (χ2v) is 2.88. The van der Waals surface area contributed by atoms with Gasteiger partial charge in [0.2, 0.25) is 5.91 Å². The maximum absolute atomic E-state index is 10.5. The summed E-state index contributed by atoms with van der Waals surface area (Å²) in [5.41, 5.74) is 2.03. The molecule has 0 aliphatic rings. The van der Waals surface area contributed by atoms with Gasteiger partial charge in [0.05, 0.1) is 6.61 Å². The fourth-order valence-electron chi connectivity index (χ4n) is 0.404. The molecule has 0 aromatic heterocycles. The second kappa shape index (κ2) is 6.85. The summed E-state index contributed by atoms with van der Waals surface area (Å²) in [6.45, 7) is 0.162. The van der Waals surface area contributed by atoms with Crippen molar-refractivity contribution in [2.75, 3.05) is 18.1 Å². The number of aliphatic hydroxyl groups excluding tert-OH is 1. The van der Waals surface area contributed by atoms with Crippen molar-refractivity contribution in [1.29, 1.82) is 0 Å². The quantitative estimate of drug-likeness (QED) is 0.213. The van der Waals surface area contributed by atoms with E-state index >= 15 is 0 Å². The average molecular weight is 164 g/mol. The van der Waals surface area contributed by atoms with E-state index in [4.69, 9.17) is 10.9 Å². The number of hydrazine groups is 1. The van der Waals surface area contributed by atoms with Gasteiger partial charge in [0.15, 0.2) is 0 Å². The van der Waals surface area contributed by atoms with Crippen LogP contribution < -0.4 is 11.3 Å². The summed E-state index contributed by atoms with van der Waals surface area (Å²) in [4.78, 5) is 10.5. The molecule has 0 radical (unpaired) electrons. The molecule has 0 atom stereocenters. The SMILES string of the molecule is NNC(=O)CCSCCO. The first-order chi connectivity index (χ1) is 4.81. The number of hydrogen-bond donors (Lipinski definition) is 3. The molecule has 0 spiro atoms. The van der Waals surface area contributed by atoms with Gasteiger partial charge >= 0.3 is 0 Å². The predicted molar refractivity (Wildman–Crippen MR) is 41.4 cm³/mol. The van der Waals surface area contributed by atoms with Crippen molar-refractivity contribution in [2.24, 2.45) is 5.84 Å². The number of thioether (sulfide) groups is 1. The Morgan fingerprint density at radius 1 is 1.60 bits per heavy atom. The number of carbonyl (C=O) groups is 1. The molecule has 10 heavy (non-hydrogen) atoms. The predicted octanol–water partition coefficient (Wildman–Crippen LogP) is -0.908. The first-order valence-electron chi connectivity index (χ1n) is 2.99. The summed E-state index contributed by atoms with van der Waals surface area (Å²) in [6, 6.07) is 0. The lowest BCUT2D eigenvalue weighted by molar-refractivity contribution is -0.120. The molecule has 1 amide bonds.